The highest BCUT2D eigenvalue weighted by Crippen LogP contribution is 2.27. The molecule has 0 radical (unpaired) electrons. The van der Waals surface area contributed by atoms with E-state index in [4.69, 9.17) is 16.3 Å². The molecule has 1 heterocycles. The molecule has 2 aromatic carbocycles. The van der Waals surface area contributed by atoms with Crippen LogP contribution in [0.1, 0.15) is 11.1 Å². The van der Waals surface area contributed by atoms with Gasteiger partial charge in [-0.3, -0.25) is 4.79 Å². The number of nitrogens with zero attached hydrogens (tertiary/aromatic N) is 2. The number of halogens is 1. The molecule has 0 spiro atoms. The van der Waals surface area contributed by atoms with Crippen LogP contribution in [0.5, 0.6) is 5.75 Å². The van der Waals surface area contributed by atoms with Gasteiger partial charge in [0.25, 0.3) is 5.91 Å². The summed E-state index contributed by atoms with van der Waals surface area (Å²) < 4.78 is 32.5. The molecule has 0 unspecified atom stereocenters. The number of hydrogen-bond donors (Lipinski definition) is 0. The first kappa shape index (κ1) is 20.6. The normalized spacial score (nSPS) is 15.5. The van der Waals surface area contributed by atoms with E-state index in [2.05, 4.69) is 0 Å². The number of hydrogen-bond acceptors (Lipinski definition) is 4. The highest BCUT2D eigenvalue weighted by molar-refractivity contribution is 7.89. The number of rotatable bonds is 5. The van der Waals surface area contributed by atoms with Crippen LogP contribution >= 0.6 is 11.6 Å². The van der Waals surface area contributed by atoms with Crippen molar-refractivity contribution in [1.29, 1.82) is 0 Å². The molecule has 28 heavy (non-hydrogen) atoms. The van der Waals surface area contributed by atoms with Gasteiger partial charge >= 0.3 is 0 Å². The van der Waals surface area contributed by atoms with Crippen molar-refractivity contribution in [3.8, 4) is 5.75 Å². The Kier molecular flexibility index (Phi) is 6.27. The van der Waals surface area contributed by atoms with Crippen LogP contribution in [0.15, 0.2) is 47.4 Å². The number of sulfonamides is 1. The van der Waals surface area contributed by atoms with Crippen molar-refractivity contribution in [2.24, 2.45) is 0 Å². The maximum atomic E-state index is 12.7. The number of piperazine rings is 1. The Bertz CT molecular complexity index is 932. The summed E-state index contributed by atoms with van der Waals surface area (Å²) in [5, 5.41) is 0.629. The molecule has 0 bridgehead atoms. The largest absolute Gasteiger partial charge is 0.483 e. The predicted octanol–water partition coefficient (Wildman–Crippen LogP) is 2.87. The van der Waals surface area contributed by atoms with Crippen LogP contribution in [0.4, 0.5) is 0 Å². The van der Waals surface area contributed by atoms with Crippen molar-refractivity contribution >= 4 is 27.5 Å². The fourth-order valence-electron chi connectivity index (χ4n) is 3.27. The standard InChI is InChI=1S/C20H23ClN2O4S/c1-15-12-17(21)13-16(2)20(15)27-14-19(24)22-8-10-23(11-9-22)28(25,26)18-6-4-3-5-7-18/h3-7,12-13H,8-11,14H2,1-2H3. The van der Waals surface area contributed by atoms with E-state index in [1.807, 2.05) is 13.8 Å². The Morgan fingerprint density at radius 1 is 1.04 bits per heavy atom. The topological polar surface area (TPSA) is 66.9 Å². The second-order valence-corrected chi connectivity index (χ2v) is 9.13. The molecule has 8 heteroatoms. The van der Waals surface area contributed by atoms with Crippen LogP contribution in [0, 0.1) is 13.8 Å². The molecule has 0 aliphatic carbocycles. The average Bonchev–Trinajstić information content (AvgIpc) is 2.67. The molecule has 150 valence electrons. The lowest BCUT2D eigenvalue weighted by atomic mass is 10.1. The first-order valence-electron chi connectivity index (χ1n) is 9.01. The van der Waals surface area contributed by atoms with Gasteiger partial charge in [0.15, 0.2) is 6.61 Å². The van der Waals surface area contributed by atoms with Gasteiger partial charge in [-0.25, -0.2) is 8.42 Å². The lowest BCUT2D eigenvalue weighted by Gasteiger charge is -2.34. The summed E-state index contributed by atoms with van der Waals surface area (Å²) in [5.41, 5.74) is 1.74. The average molecular weight is 423 g/mol. The zero-order valence-corrected chi connectivity index (χ0v) is 17.5. The van der Waals surface area contributed by atoms with E-state index in [1.54, 1.807) is 47.4 Å². The smallest absolute Gasteiger partial charge is 0.260 e. The van der Waals surface area contributed by atoms with E-state index in [-0.39, 0.29) is 30.5 Å². The summed E-state index contributed by atoms with van der Waals surface area (Å²) in [6.45, 7) is 4.89. The number of ether oxygens (including phenoxy) is 1. The molecular weight excluding hydrogens is 400 g/mol. The molecule has 1 aliphatic rings. The van der Waals surface area contributed by atoms with E-state index < -0.39 is 10.0 Å². The van der Waals surface area contributed by atoms with Gasteiger partial charge in [0.1, 0.15) is 5.75 Å². The number of carbonyl (C=O) groups excluding carboxylic acids is 1. The minimum Gasteiger partial charge on any atom is -0.483 e. The quantitative estimate of drug-likeness (QED) is 0.743. The third-order valence-electron chi connectivity index (χ3n) is 4.74. The fraction of sp³-hybridized carbons (Fsp3) is 0.350. The zero-order chi connectivity index (χ0) is 20.3. The zero-order valence-electron chi connectivity index (χ0n) is 15.9. The van der Waals surface area contributed by atoms with Crippen molar-refractivity contribution in [3.05, 3.63) is 58.6 Å². The summed E-state index contributed by atoms with van der Waals surface area (Å²) in [6.07, 6.45) is 0. The molecule has 3 rings (SSSR count). The lowest BCUT2D eigenvalue weighted by molar-refractivity contribution is -0.134. The Morgan fingerprint density at radius 3 is 2.18 bits per heavy atom. The molecule has 2 aromatic rings. The van der Waals surface area contributed by atoms with E-state index in [0.717, 1.165) is 11.1 Å². The van der Waals surface area contributed by atoms with E-state index >= 15 is 0 Å². The Hall–Kier alpha value is -2.09. The molecule has 0 atom stereocenters. The fourth-order valence-corrected chi connectivity index (χ4v) is 5.04. The van der Waals surface area contributed by atoms with Crippen LogP contribution in [-0.4, -0.2) is 56.3 Å². The number of amides is 1. The Labute approximate surface area is 170 Å². The van der Waals surface area contributed by atoms with Crippen molar-refractivity contribution in [3.63, 3.8) is 0 Å². The Morgan fingerprint density at radius 2 is 1.61 bits per heavy atom. The van der Waals surface area contributed by atoms with Gasteiger partial charge in [0.2, 0.25) is 10.0 Å². The van der Waals surface area contributed by atoms with Gasteiger partial charge < -0.3 is 9.64 Å². The van der Waals surface area contributed by atoms with Crippen LogP contribution in [0.2, 0.25) is 5.02 Å². The van der Waals surface area contributed by atoms with E-state index in [0.29, 0.717) is 23.9 Å². The summed E-state index contributed by atoms with van der Waals surface area (Å²) >= 11 is 6.02. The molecule has 0 N–H and O–H groups in total. The monoisotopic (exact) mass is 422 g/mol. The lowest BCUT2D eigenvalue weighted by Crippen LogP contribution is -2.51. The van der Waals surface area contributed by atoms with Gasteiger partial charge in [0, 0.05) is 31.2 Å². The summed E-state index contributed by atoms with van der Waals surface area (Å²) in [5.74, 6) is 0.494. The summed E-state index contributed by atoms with van der Waals surface area (Å²) in [7, 11) is -3.53. The van der Waals surface area contributed by atoms with Crippen LogP contribution in [0.25, 0.3) is 0 Å². The minimum atomic E-state index is -3.53. The van der Waals surface area contributed by atoms with Gasteiger partial charge in [-0.05, 0) is 49.2 Å². The maximum absolute atomic E-state index is 12.7. The molecule has 1 fully saturated rings. The molecule has 0 saturated carbocycles. The first-order valence-corrected chi connectivity index (χ1v) is 10.8. The maximum Gasteiger partial charge on any atom is 0.260 e. The first-order chi connectivity index (χ1) is 13.3. The van der Waals surface area contributed by atoms with Gasteiger partial charge in [-0.2, -0.15) is 4.31 Å². The summed E-state index contributed by atoms with van der Waals surface area (Å²) in [4.78, 5) is 14.4. The van der Waals surface area contributed by atoms with E-state index in [9.17, 15) is 13.2 Å². The van der Waals surface area contributed by atoms with Gasteiger partial charge in [0.05, 0.1) is 4.90 Å². The van der Waals surface area contributed by atoms with Crippen LogP contribution in [-0.2, 0) is 14.8 Å². The van der Waals surface area contributed by atoms with Gasteiger partial charge in [-0.1, -0.05) is 29.8 Å². The summed E-state index contributed by atoms with van der Waals surface area (Å²) in [6, 6.07) is 11.9. The molecule has 6 nitrogen and oxygen atoms in total. The van der Waals surface area contributed by atoms with Crippen molar-refractivity contribution < 1.29 is 17.9 Å². The molecular formula is C20H23ClN2O4S. The van der Waals surface area contributed by atoms with Crippen LogP contribution < -0.4 is 4.74 Å². The van der Waals surface area contributed by atoms with Gasteiger partial charge in [-0.15, -0.1) is 0 Å². The SMILES string of the molecule is Cc1cc(Cl)cc(C)c1OCC(=O)N1CCN(S(=O)(=O)c2ccccc2)CC1. The van der Waals surface area contributed by atoms with Crippen molar-refractivity contribution in [1.82, 2.24) is 9.21 Å². The van der Waals surface area contributed by atoms with E-state index in [1.165, 1.54) is 4.31 Å². The van der Waals surface area contributed by atoms with Crippen molar-refractivity contribution in [2.45, 2.75) is 18.7 Å². The number of aryl methyl sites for hydroxylation is 2. The predicted molar refractivity (Wildman–Crippen MR) is 108 cm³/mol. The third kappa shape index (κ3) is 4.48. The second kappa shape index (κ2) is 8.51. The Balaban J connectivity index is 1.57. The highest BCUT2D eigenvalue weighted by Gasteiger charge is 2.30. The number of carbonyl (C=O) groups is 1. The minimum absolute atomic E-state index is 0.0885. The third-order valence-corrected chi connectivity index (χ3v) is 6.87. The molecule has 0 aromatic heterocycles. The highest BCUT2D eigenvalue weighted by atomic mass is 35.5. The van der Waals surface area contributed by atoms with Crippen LogP contribution in [0.3, 0.4) is 0 Å². The molecule has 1 amide bonds. The molecule has 1 saturated heterocycles. The molecule has 1 aliphatic heterocycles. The number of benzene rings is 2. The second-order valence-electron chi connectivity index (χ2n) is 6.76. The van der Waals surface area contributed by atoms with Crippen molar-refractivity contribution in [2.75, 3.05) is 32.8 Å².